The van der Waals surface area contributed by atoms with Crippen LogP contribution < -0.4 is 10.4 Å². The van der Waals surface area contributed by atoms with Crippen molar-refractivity contribution in [1.29, 1.82) is 0 Å². The molecule has 0 spiro atoms. The maximum absolute atomic E-state index is 11.9. The Balaban J connectivity index is 1.68. The molecule has 2 aromatic carbocycles. The zero-order valence-electron chi connectivity index (χ0n) is 15.7. The topological polar surface area (TPSA) is 83.0 Å². The van der Waals surface area contributed by atoms with Crippen LogP contribution in [-0.4, -0.2) is 27.3 Å². The fourth-order valence-electron chi connectivity index (χ4n) is 2.98. The predicted molar refractivity (Wildman–Crippen MR) is 107 cm³/mol. The lowest BCUT2D eigenvalue weighted by molar-refractivity contribution is 0.410. The molecule has 4 aromatic rings. The number of fused-ring (bicyclic) bond motifs is 1. The van der Waals surface area contributed by atoms with Crippen molar-refractivity contribution in [2.24, 2.45) is 0 Å². The van der Waals surface area contributed by atoms with Gasteiger partial charge in [0.25, 0.3) is 0 Å². The van der Waals surface area contributed by atoms with Crippen molar-refractivity contribution in [2.75, 3.05) is 7.11 Å². The maximum atomic E-state index is 11.9. The molecule has 2 aromatic heterocycles. The van der Waals surface area contributed by atoms with E-state index in [2.05, 4.69) is 15.5 Å². The van der Waals surface area contributed by atoms with Crippen molar-refractivity contribution < 1.29 is 9.15 Å². The van der Waals surface area contributed by atoms with E-state index in [1.54, 1.807) is 11.8 Å². The molecule has 8 heteroatoms. The molecule has 0 aliphatic carbocycles. The van der Waals surface area contributed by atoms with Crippen LogP contribution in [-0.2, 0) is 5.75 Å². The minimum absolute atomic E-state index is 0.367. The molecule has 0 bridgehead atoms. The van der Waals surface area contributed by atoms with Gasteiger partial charge in [-0.1, -0.05) is 30.0 Å². The van der Waals surface area contributed by atoms with Crippen LogP contribution in [0.1, 0.15) is 16.7 Å². The lowest BCUT2D eigenvalue weighted by Crippen LogP contribution is -2.03. The molecule has 0 fully saturated rings. The van der Waals surface area contributed by atoms with Crippen molar-refractivity contribution in [1.82, 2.24) is 20.2 Å². The molecular weight excluding hydrogens is 376 g/mol. The summed E-state index contributed by atoms with van der Waals surface area (Å²) >= 11 is 1.45. The highest BCUT2D eigenvalue weighted by Gasteiger charge is 2.15. The standard InChI is InChI=1S/C20H18N4O3S/c1-12-5-7-17(26-3)16(8-12)24-20(21-22-23-24)28-11-14-10-19(25)27-18-9-13(2)4-6-15(14)18/h4-10H,11H2,1-3H3. The van der Waals surface area contributed by atoms with E-state index in [1.807, 2.05) is 50.2 Å². The predicted octanol–water partition coefficient (Wildman–Crippen LogP) is 3.69. The van der Waals surface area contributed by atoms with Crippen molar-refractivity contribution in [3.8, 4) is 11.4 Å². The highest BCUT2D eigenvalue weighted by molar-refractivity contribution is 7.98. The van der Waals surface area contributed by atoms with Crippen molar-refractivity contribution in [2.45, 2.75) is 24.8 Å². The number of tetrazole rings is 1. The average Bonchev–Trinajstić information content (AvgIpc) is 3.14. The van der Waals surface area contributed by atoms with E-state index in [-0.39, 0.29) is 5.63 Å². The van der Waals surface area contributed by atoms with Crippen molar-refractivity contribution >= 4 is 22.7 Å². The molecular formula is C20H18N4O3S. The Morgan fingerprint density at radius 1 is 1.11 bits per heavy atom. The molecule has 142 valence electrons. The highest BCUT2D eigenvalue weighted by atomic mass is 32.2. The first kappa shape index (κ1) is 18.2. The normalized spacial score (nSPS) is 11.1. The van der Waals surface area contributed by atoms with E-state index in [9.17, 15) is 4.79 Å². The molecule has 28 heavy (non-hydrogen) atoms. The summed E-state index contributed by atoms with van der Waals surface area (Å²) < 4.78 is 12.4. The molecule has 0 radical (unpaired) electrons. The van der Waals surface area contributed by atoms with Gasteiger partial charge in [0.1, 0.15) is 17.0 Å². The quantitative estimate of drug-likeness (QED) is 0.377. The Bertz CT molecular complexity index is 1220. The number of hydrogen-bond acceptors (Lipinski definition) is 7. The van der Waals surface area contributed by atoms with Gasteiger partial charge in [-0.2, -0.15) is 4.68 Å². The Morgan fingerprint density at radius 3 is 2.71 bits per heavy atom. The van der Waals surface area contributed by atoms with Gasteiger partial charge in [0.2, 0.25) is 5.16 Å². The number of methoxy groups -OCH3 is 1. The number of rotatable bonds is 5. The summed E-state index contributed by atoms with van der Waals surface area (Å²) in [6, 6.07) is 13.2. The zero-order valence-corrected chi connectivity index (χ0v) is 16.5. The second-order valence-corrected chi connectivity index (χ2v) is 7.37. The van der Waals surface area contributed by atoms with Gasteiger partial charge in [-0.15, -0.1) is 5.10 Å². The summed E-state index contributed by atoms with van der Waals surface area (Å²) in [6.07, 6.45) is 0. The van der Waals surface area contributed by atoms with Crippen LogP contribution in [0.15, 0.2) is 56.8 Å². The second-order valence-electron chi connectivity index (χ2n) is 6.43. The number of ether oxygens (including phenoxy) is 1. The number of thioether (sulfide) groups is 1. The average molecular weight is 394 g/mol. The molecule has 0 amide bonds. The molecule has 0 N–H and O–H groups in total. The molecule has 0 saturated heterocycles. The number of aryl methyl sites for hydroxylation is 2. The van der Waals surface area contributed by atoms with Gasteiger partial charge >= 0.3 is 5.63 Å². The SMILES string of the molecule is COc1ccc(C)cc1-n1nnnc1SCc1cc(=O)oc2cc(C)ccc12. The van der Waals surface area contributed by atoms with Gasteiger partial charge < -0.3 is 9.15 Å². The summed E-state index contributed by atoms with van der Waals surface area (Å²) in [5, 5.41) is 13.6. The third kappa shape index (κ3) is 3.50. The Labute approximate surface area is 165 Å². The Kier molecular flexibility index (Phi) is 4.87. The monoisotopic (exact) mass is 394 g/mol. The molecule has 0 unspecified atom stereocenters. The zero-order chi connectivity index (χ0) is 19.7. The number of aromatic nitrogens is 4. The largest absolute Gasteiger partial charge is 0.494 e. The van der Waals surface area contributed by atoms with Crippen LogP contribution in [0.2, 0.25) is 0 Å². The summed E-state index contributed by atoms with van der Waals surface area (Å²) in [4.78, 5) is 11.9. The van der Waals surface area contributed by atoms with E-state index >= 15 is 0 Å². The van der Waals surface area contributed by atoms with Gasteiger partial charge in [0.05, 0.1) is 7.11 Å². The van der Waals surface area contributed by atoms with E-state index in [0.29, 0.717) is 22.2 Å². The molecule has 0 aliphatic heterocycles. The van der Waals surface area contributed by atoms with E-state index in [1.165, 1.54) is 17.8 Å². The molecule has 4 rings (SSSR count). The lowest BCUT2D eigenvalue weighted by Gasteiger charge is -2.10. The lowest BCUT2D eigenvalue weighted by atomic mass is 10.1. The van der Waals surface area contributed by atoms with Crippen LogP contribution in [0.25, 0.3) is 16.7 Å². The van der Waals surface area contributed by atoms with Crippen LogP contribution in [0.3, 0.4) is 0 Å². The molecule has 0 saturated carbocycles. The summed E-state index contributed by atoms with van der Waals surface area (Å²) in [7, 11) is 1.61. The number of hydrogen-bond donors (Lipinski definition) is 0. The van der Waals surface area contributed by atoms with Crippen LogP contribution in [0.5, 0.6) is 5.75 Å². The van der Waals surface area contributed by atoms with Gasteiger partial charge in [-0.3, -0.25) is 0 Å². The summed E-state index contributed by atoms with van der Waals surface area (Å²) in [5.41, 5.74) is 3.97. The summed E-state index contributed by atoms with van der Waals surface area (Å²) in [5.74, 6) is 1.21. The van der Waals surface area contributed by atoms with Crippen LogP contribution in [0, 0.1) is 13.8 Å². The number of nitrogens with zero attached hydrogens (tertiary/aromatic N) is 4. The smallest absolute Gasteiger partial charge is 0.336 e. The van der Waals surface area contributed by atoms with Gasteiger partial charge in [-0.05, 0) is 59.2 Å². The van der Waals surface area contributed by atoms with Crippen molar-refractivity contribution in [3.05, 3.63) is 69.6 Å². The van der Waals surface area contributed by atoms with Crippen LogP contribution in [0.4, 0.5) is 0 Å². The Morgan fingerprint density at radius 2 is 1.89 bits per heavy atom. The fourth-order valence-corrected chi connectivity index (χ4v) is 3.86. The first-order valence-corrected chi connectivity index (χ1v) is 9.63. The van der Waals surface area contributed by atoms with Gasteiger partial charge in [0.15, 0.2) is 0 Å². The third-order valence-corrected chi connectivity index (χ3v) is 5.31. The fraction of sp³-hybridized carbons (Fsp3) is 0.200. The van der Waals surface area contributed by atoms with Gasteiger partial charge in [0, 0.05) is 17.2 Å². The first-order valence-electron chi connectivity index (χ1n) is 8.65. The van der Waals surface area contributed by atoms with E-state index < -0.39 is 0 Å². The Hall–Kier alpha value is -3.13. The van der Waals surface area contributed by atoms with E-state index in [4.69, 9.17) is 9.15 Å². The van der Waals surface area contributed by atoms with Gasteiger partial charge in [-0.25, -0.2) is 4.79 Å². The molecule has 2 heterocycles. The third-order valence-electron chi connectivity index (χ3n) is 4.35. The highest BCUT2D eigenvalue weighted by Crippen LogP contribution is 2.30. The first-order chi connectivity index (χ1) is 13.5. The maximum Gasteiger partial charge on any atom is 0.336 e. The molecule has 0 atom stereocenters. The van der Waals surface area contributed by atoms with E-state index in [0.717, 1.165) is 27.8 Å². The minimum atomic E-state index is -0.367. The minimum Gasteiger partial charge on any atom is -0.494 e. The molecule has 7 nitrogen and oxygen atoms in total. The van der Waals surface area contributed by atoms with Crippen LogP contribution >= 0.6 is 11.8 Å². The number of benzene rings is 2. The summed E-state index contributed by atoms with van der Waals surface area (Å²) in [6.45, 7) is 3.96. The molecule has 0 aliphatic rings. The van der Waals surface area contributed by atoms with Crippen molar-refractivity contribution in [3.63, 3.8) is 0 Å². The second kappa shape index (κ2) is 7.47.